The number of halogens is 2. The van der Waals surface area contributed by atoms with Crippen LogP contribution < -0.4 is 5.32 Å². The number of hydrogen-bond acceptors (Lipinski definition) is 2. The molecular formula is C23H28Cl2N2O2. The number of benzene rings is 2. The molecule has 0 aliphatic heterocycles. The van der Waals surface area contributed by atoms with E-state index < -0.39 is 6.04 Å². The SMILES string of the molecule is CCCCNC(=O)[C@H](CC)N(Cc1ccc(Cl)cc1)C(=O)Cc1ccccc1Cl. The summed E-state index contributed by atoms with van der Waals surface area (Å²) in [6, 6.07) is 14.1. The normalized spacial score (nSPS) is 11.7. The fraction of sp³-hybridized carbons (Fsp3) is 0.391. The predicted octanol–water partition coefficient (Wildman–Crippen LogP) is 5.26. The topological polar surface area (TPSA) is 49.4 Å². The third-order valence-electron chi connectivity index (χ3n) is 4.78. The van der Waals surface area contributed by atoms with Gasteiger partial charge in [0.1, 0.15) is 6.04 Å². The van der Waals surface area contributed by atoms with Crippen molar-refractivity contribution in [2.75, 3.05) is 6.54 Å². The highest BCUT2D eigenvalue weighted by Crippen LogP contribution is 2.20. The van der Waals surface area contributed by atoms with Crippen molar-refractivity contribution >= 4 is 35.0 Å². The fourth-order valence-electron chi connectivity index (χ4n) is 3.12. The van der Waals surface area contributed by atoms with E-state index in [-0.39, 0.29) is 18.2 Å². The van der Waals surface area contributed by atoms with Crippen LogP contribution in [0.3, 0.4) is 0 Å². The Morgan fingerprint density at radius 3 is 2.34 bits per heavy atom. The van der Waals surface area contributed by atoms with Crippen LogP contribution >= 0.6 is 23.2 Å². The summed E-state index contributed by atoms with van der Waals surface area (Å²) < 4.78 is 0. The Kier molecular flexibility index (Phi) is 9.49. The number of carbonyl (C=O) groups is 2. The van der Waals surface area contributed by atoms with E-state index in [0.717, 1.165) is 24.0 Å². The van der Waals surface area contributed by atoms with E-state index in [4.69, 9.17) is 23.2 Å². The van der Waals surface area contributed by atoms with Crippen molar-refractivity contribution in [2.45, 2.75) is 52.1 Å². The monoisotopic (exact) mass is 434 g/mol. The maximum absolute atomic E-state index is 13.2. The number of nitrogens with one attached hydrogen (secondary N) is 1. The number of rotatable bonds is 10. The summed E-state index contributed by atoms with van der Waals surface area (Å²) in [5.41, 5.74) is 1.67. The van der Waals surface area contributed by atoms with Gasteiger partial charge in [-0.1, -0.05) is 73.8 Å². The van der Waals surface area contributed by atoms with E-state index in [0.29, 0.717) is 29.6 Å². The molecule has 0 radical (unpaired) electrons. The molecule has 29 heavy (non-hydrogen) atoms. The summed E-state index contributed by atoms with van der Waals surface area (Å²) in [7, 11) is 0. The number of amides is 2. The van der Waals surface area contributed by atoms with Crippen LogP contribution in [0.2, 0.25) is 10.0 Å². The van der Waals surface area contributed by atoms with Gasteiger partial charge in [0.2, 0.25) is 11.8 Å². The Labute approximate surface area is 183 Å². The quantitative estimate of drug-likeness (QED) is 0.518. The number of unbranched alkanes of at least 4 members (excludes halogenated alkanes) is 1. The van der Waals surface area contributed by atoms with E-state index in [1.165, 1.54) is 0 Å². The highest BCUT2D eigenvalue weighted by Gasteiger charge is 2.28. The molecule has 0 heterocycles. The first-order chi connectivity index (χ1) is 14.0. The van der Waals surface area contributed by atoms with Gasteiger partial charge in [-0.05, 0) is 42.2 Å². The number of nitrogens with zero attached hydrogens (tertiary/aromatic N) is 1. The molecule has 156 valence electrons. The van der Waals surface area contributed by atoms with Gasteiger partial charge < -0.3 is 10.2 Å². The van der Waals surface area contributed by atoms with Crippen LogP contribution in [0, 0.1) is 0 Å². The van der Waals surface area contributed by atoms with Crippen molar-refractivity contribution < 1.29 is 9.59 Å². The average Bonchev–Trinajstić information content (AvgIpc) is 2.71. The largest absolute Gasteiger partial charge is 0.354 e. The van der Waals surface area contributed by atoms with Crippen molar-refractivity contribution in [3.8, 4) is 0 Å². The molecule has 6 heteroatoms. The van der Waals surface area contributed by atoms with Gasteiger partial charge in [-0.2, -0.15) is 0 Å². The van der Waals surface area contributed by atoms with Crippen LogP contribution in [-0.4, -0.2) is 29.3 Å². The Hall–Kier alpha value is -2.04. The zero-order chi connectivity index (χ0) is 21.2. The Bertz CT molecular complexity index is 809. The lowest BCUT2D eigenvalue weighted by molar-refractivity contribution is -0.140. The van der Waals surface area contributed by atoms with E-state index in [2.05, 4.69) is 12.2 Å². The molecule has 2 amide bonds. The lowest BCUT2D eigenvalue weighted by atomic mass is 10.1. The zero-order valence-corrected chi connectivity index (χ0v) is 18.5. The molecule has 0 unspecified atom stereocenters. The summed E-state index contributed by atoms with van der Waals surface area (Å²) in [5.74, 6) is -0.257. The summed E-state index contributed by atoms with van der Waals surface area (Å²) in [5, 5.41) is 4.14. The molecule has 0 aliphatic rings. The molecule has 2 rings (SSSR count). The van der Waals surface area contributed by atoms with E-state index in [1.807, 2.05) is 37.3 Å². The molecule has 2 aromatic rings. The van der Waals surface area contributed by atoms with Crippen LogP contribution in [0.1, 0.15) is 44.2 Å². The Balaban J connectivity index is 2.25. The van der Waals surface area contributed by atoms with Gasteiger partial charge in [0.15, 0.2) is 0 Å². The van der Waals surface area contributed by atoms with Crippen molar-refractivity contribution in [3.05, 3.63) is 69.7 Å². The summed E-state index contributed by atoms with van der Waals surface area (Å²) in [4.78, 5) is 27.7. The maximum Gasteiger partial charge on any atom is 0.242 e. The summed E-state index contributed by atoms with van der Waals surface area (Å²) in [6.07, 6.45) is 2.58. The van der Waals surface area contributed by atoms with Crippen molar-refractivity contribution in [3.63, 3.8) is 0 Å². The van der Waals surface area contributed by atoms with Crippen LogP contribution in [0.5, 0.6) is 0 Å². The third-order valence-corrected chi connectivity index (χ3v) is 5.40. The summed E-state index contributed by atoms with van der Waals surface area (Å²) >= 11 is 12.2. The first kappa shape index (κ1) is 23.2. The van der Waals surface area contributed by atoms with E-state index >= 15 is 0 Å². The second-order valence-electron chi connectivity index (χ2n) is 6.98. The number of carbonyl (C=O) groups excluding carboxylic acids is 2. The van der Waals surface area contributed by atoms with Gasteiger partial charge in [0.25, 0.3) is 0 Å². The van der Waals surface area contributed by atoms with Gasteiger partial charge in [0.05, 0.1) is 6.42 Å². The lowest BCUT2D eigenvalue weighted by Gasteiger charge is -2.31. The second kappa shape index (κ2) is 11.8. The third kappa shape index (κ3) is 7.06. The van der Waals surface area contributed by atoms with Gasteiger partial charge >= 0.3 is 0 Å². The minimum absolute atomic E-state index is 0.123. The predicted molar refractivity (Wildman–Crippen MR) is 119 cm³/mol. The van der Waals surface area contributed by atoms with Crippen LogP contribution in [0.15, 0.2) is 48.5 Å². The maximum atomic E-state index is 13.2. The molecule has 1 atom stereocenters. The van der Waals surface area contributed by atoms with E-state index in [1.54, 1.807) is 23.1 Å². The molecule has 0 saturated carbocycles. The van der Waals surface area contributed by atoms with Crippen LogP contribution in [-0.2, 0) is 22.6 Å². The zero-order valence-electron chi connectivity index (χ0n) is 17.0. The van der Waals surface area contributed by atoms with E-state index in [9.17, 15) is 9.59 Å². The Morgan fingerprint density at radius 1 is 1.03 bits per heavy atom. The van der Waals surface area contributed by atoms with Gasteiger partial charge in [-0.25, -0.2) is 0 Å². The van der Waals surface area contributed by atoms with Crippen molar-refractivity contribution in [1.82, 2.24) is 10.2 Å². The van der Waals surface area contributed by atoms with Crippen molar-refractivity contribution in [2.24, 2.45) is 0 Å². The molecule has 0 saturated heterocycles. The minimum atomic E-state index is -0.544. The number of hydrogen-bond donors (Lipinski definition) is 1. The molecule has 0 fully saturated rings. The first-order valence-electron chi connectivity index (χ1n) is 10.0. The summed E-state index contributed by atoms with van der Waals surface area (Å²) in [6.45, 7) is 4.94. The minimum Gasteiger partial charge on any atom is -0.354 e. The molecule has 2 aromatic carbocycles. The molecular weight excluding hydrogens is 407 g/mol. The van der Waals surface area contributed by atoms with Gasteiger partial charge in [-0.3, -0.25) is 9.59 Å². The average molecular weight is 435 g/mol. The molecule has 0 aromatic heterocycles. The van der Waals surface area contributed by atoms with Crippen LogP contribution in [0.4, 0.5) is 0 Å². The highest BCUT2D eigenvalue weighted by molar-refractivity contribution is 6.31. The molecule has 0 aliphatic carbocycles. The van der Waals surface area contributed by atoms with Gasteiger partial charge in [-0.15, -0.1) is 0 Å². The molecule has 1 N–H and O–H groups in total. The standard InChI is InChI=1S/C23H28Cl2N2O2/c1-3-5-14-26-23(29)21(4-2)27(16-17-10-12-19(24)13-11-17)22(28)15-18-8-6-7-9-20(18)25/h6-13,21H,3-5,14-16H2,1-2H3,(H,26,29)/t21-/m0/s1. The first-order valence-corrected chi connectivity index (χ1v) is 10.8. The smallest absolute Gasteiger partial charge is 0.242 e. The van der Waals surface area contributed by atoms with Crippen LogP contribution in [0.25, 0.3) is 0 Å². The van der Waals surface area contributed by atoms with Gasteiger partial charge in [0, 0.05) is 23.1 Å². The highest BCUT2D eigenvalue weighted by atomic mass is 35.5. The molecule has 4 nitrogen and oxygen atoms in total. The second-order valence-corrected chi connectivity index (χ2v) is 7.83. The Morgan fingerprint density at radius 2 is 1.72 bits per heavy atom. The molecule has 0 spiro atoms. The lowest BCUT2D eigenvalue weighted by Crippen LogP contribution is -2.49. The molecule has 0 bridgehead atoms. The van der Waals surface area contributed by atoms with Crippen molar-refractivity contribution in [1.29, 1.82) is 0 Å². The fourth-order valence-corrected chi connectivity index (χ4v) is 3.45.